The minimum atomic E-state index is -0.540. The Labute approximate surface area is 268 Å². The predicted octanol–water partition coefficient (Wildman–Crippen LogP) is 8.12. The zero-order chi connectivity index (χ0) is 32.4. The van der Waals surface area contributed by atoms with Crippen molar-refractivity contribution in [2.24, 2.45) is 0 Å². The van der Waals surface area contributed by atoms with E-state index in [4.69, 9.17) is 28.4 Å². The summed E-state index contributed by atoms with van der Waals surface area (Å²) in [5, 5.41) is 3.49. The summed E-state index contributed by atoms with van der Waals surface area (Å²) in [6, 6.07) is 14.1. The Morgan fingerprint density at radius 1 is 0.600 bits per heavy atom. The maximum Gasteiger partial charge on any atom is 0.306 e. The average molecular weight is 625 g/mol. The second kappa shape index (κ2) is 19.9. The summed E-state index contributed by atoms with van der Waals surface area (Å²) < 4.78 is 36.2. The molecule has 0 amide bonds. The van der Waals surface area contributed by atoms with Crippen LogP contribution in [0.5, 0.6) is 11.5 Å². The zero-order valence-electron chi connectivity index (χ0n) is 27.9. The molecule has 8 nitrogen and oxygen atoms in total. The predicted molar refractivity (Wildman–Crippen MR) is 178 cm³/mol. The number of unbranched alkanes of at least 4 members (excludes halogenated alkanes) is 2. The van der Waals surface area contributed by atoms with Gasteiger partial charge in [0.1, 0.15) is 24.7 Å². The first-order chi connectivity index (χ1) is 21.9. The molecule has 45 heavy (non-hydrogen) atoms. The van der Waals surface area contributed by atoms with Gasteiger partial charge < -0.3 is 28.4 Å². The number of ether oxygens (including phenoxy) is 6. The molecular formula is C37H52O8. The number of carbonyl (C=O) groups excluding carboxylic acids is 2. The van der Waals surface area contributed by atoms with E-state index in [1.165, 1.54) is 0 Å². The molecule has 0 radical (unpaired) electrons. The smallest absolute Gasteiger partial charge is 0.306 e. The van der Waals surface area contributed by atoms with Gasteiger partial charge in [-0.25, -0.2) is 0 Å². The van der Waals surface area contributed by atoms with Gasteiger partial charge in [-0.15, -0.1) is 0 Å². The van der Waals surface area contributed by atoms with Crippen molar-refractivity contribution < 1.29 is 38.0 Å². The highest BCUT2D eigenvalue weighted by Gasteiger charge is 2.22. The van der Waals surface area contributed by atoms with Gasteiger partial charge in [0.15, 0.2) is 12.2 Å². The number of carbonyl (C=O) groups is 2. The second-order valence-corrected chi connectivity index (χ2v) is 11.5. The van der Waals surface area contributed by atoms with Crippen molar-refractivity contribution in [1.82, 2.24) is 0 Å². The van der Waals surface area contributed by atoms with Gasteiger partial charge in [0.05, 0.1) is 13.2 Å². The van der Waals surface area contributed by atoms with Gasteiger partial charge >= 0.3 is 11.9 Å². The molecule has 0 heterocycles. The molecule has 0 spiro atoms. The lowest BCUT2D eigenvalue weighted by molar-refractivity contribution is -0.155. The topological polar surface area (TPSA) is 89.5 Å². The third kappa shape index (κ3) is 11.5. The standard InChI is InChI=1S/C37H52O8/c1-6-10-20-40-23-28(44-34(38)14-8-3)25-42-36-30-16-12-13-17-31(30)37(33-22-27(5)18-19-32(33)36)43-26-29(24-41-21-11-7-2)45-35(39)15-9-4/h12-13,16-19,22,28-29H,6-11,14-15,20-21,23-26H2,1-5H3. The molecule has 3 aromatic rings. The molecule has 2 unspecified atom stereocenters. The Hall–Kier alpha value is -3.36. The fraction of sp³-hybridized carbons (Fsp3) is 0.568. The van der Waals surface area contributed by atoms with Crippen LogP contribution in [0.4, 0.5) is 0 Å². The number of esters is 2. The van der Waals surface area contributed by atoms with Crippen LogP contribution in [0.3, 0.4) is 0 Å². The van der Waals surface area contributed by atoms with Gasteiger partial charge in [0.2, 0.25) is 0 Å². The van der Waals surface area contributed by atoms with E-state index in [9.17, 15) is 9.59 Å². The number of fused-ring (bicyclic) bond motifs is 2. The molecule has 3 rings (SSSR count). The van der Waals surface area contributed by atoms with Gasteiger partial charge in [0, 0.05) is 47.6 Å². The number of rotatable bonds is 22. The molecule has 0 aliphatic rings. The van der Waals surface area contributed by atoms with E-state index in [0.29, 0.717) is 50.4 Å². The summed E-state index contributed by atoms with van der Waals surface area (Å²) >= 11 is 0. The fourth-order valence-electron chi connectivity index (χ4n) is 4.93. The number of hydrogen-bond donors (Lipinski definition) is 0. The lowest BCUT2D eigenvalue weighted by atomic mass is 9.99. The van der Waals surface area contributed by atoms with E-state index in [0.717, 1.165) is 52.8 Å². The number of benzene rings is 3. The maximum atomic E-state index is 12.4. The van der Waals surface area contributed by atoms with Crippen LogP contribution < -0.4 is 9.47 Å². The largest absolute Gasteiger partial charge is 0.488 e. The van der Waals surface area contributed by atoms with Crippen LogP contribution in [0.15, 0.2) is 42.5 Å². The molecule has 2 atom stereocenters. The zero-order valence-corrected chi connectivity index (χ0v) is 27.9. The summed E-state index contributed by atoms with van der Waals surface area (Å²) in [4.78, 5) is 24.8. The third-order valence-electron chi connectivity index (χ3n) is 7.30. The van der Waals surface area contributed by atoms with Crippen LogP contribution >= 0.6 is 0 Å². The molecule has 3 aromatic carbocycles. The first kappa shape index (κ1) is 36.1. The van der Waals surface area contributed by atoms with Crippen molar-refractivity contribution >= 4 is 33.5 Å². The Balaban J connectivity index is 1.93. The molecule has 248 valence electrons. The van der Waals surface area contributed by atoms with E-state index in [1.54, 1.807) is 0 Å². The van der Waals surface area contributed by atoms with E-state index in [1.807, 2.05) is 57.2 Å². The minimum Gasteiger partial charge on any atom is -0.488 e. The summed E-state index contributed by atoms with van der Waals surface area (Å²) in [5.74, 6) is 0.863. The first-order valence-corrected chi connectivity index (χ1v) is 16.7. The Kier molecular flexibility index (Phi) is 16.0. The highest BCUT2D eigenvalue weighted by Crippen LogP contribution is 2.43. The summed E-state index contributed by atoms with van der Waals surface area (Å²) in [7, 11) is 0. The summed E-state index contributed by atoms with van der Waals surface area (Å²) in [6.07, 6.45) is 4.97. The lowest BCUT2D eigenvalue weighted by Gasteiger charge is -2.23. The van der Waals surface area contributed by atoms with Crippen molar-refractivity contribution in [3.8, 4) is 11.5 Å². The second-order valence-electron chi connectivity index (χ2n) is 11.5. The van der Waals surface area contributed by atoms with Gasteiger partial charge in [0.25, 0.3) is 0 Å². The normalized spacial score (nSPS) is 12.6. The van der Waals surface area contributed by atoms with Crippen molar-refractivity contribution in [3.05, 3.63) is 48.0 Å². The van der Waals surface area contributed by atoms with Gasteiger partial charge in [-0.2, -0.15) is 0 Å². The molecular weight excluding hydrogens is 572 g/mol. The minimum absolute atomic E-state index is 0.152. The molecule has 0 aliphatic heterocycles. The van der Waals surface area contributed by atoms with E-state index in [-0.39, 0.29) is 38.4 Å². The van der Waals surface area contributed by atoms with Crippen molar-refractivity contribution in [3.63, 3.8) is 0 Å². The molecule has 0 bridgehead atoms. The van der Waals surface area contributed by atoms with E-state index >= 15 is 0 Å². The Morgan fingerprint density at radius 2 is 1.07 bits per heavy atom. The monoisotopic (exact) mass is 624 g/mol. The molecule has 0 saturated carbocycles. The quantitative estimate of drug-likeness (QED) is 0.0629. The number of aryl methyl sites for hydroxylation is 1. The molecule has 0 N–H and O–H groups in total. The molecule has 8 heteroatoms. The first-order valence-electron chi connectivity index (χ1n) is 16.7. The van der Waals surface area contributed by atoms with Crippen LogP contribution in [0.1, 0.15) is 84.6 Å². The number of hydrogen-bond acceptors (Lipinski definition) is 8. The highest BCUT2D eigenvalue weighted by molar-refractivity contribution is 6.11. The van der Waals surface area contributed by atoms with Gasteiger partial charge in [-0.05, 0) is 38.7 Å². The van der Waals surface area contributed by atoms with Crippen LogP contribution in [-0.2, 0) is 28.5 Å². The van der Waals surface area contributed by atoms with Crippen LogP contribution in [0.25, 0.3) is 21.5 Å². The Morgan fingerprint density at radius 3 is 1.53 bits per heavy atom. The summed E-state index contributed by atoms with van der Waals surface area (Å²) in [5.41, 5.74) is 1.07. The third-order valence-corrected chi connectivity index (χ3v) is 7.30. The van der Waals surface area contributed by atoms with E-state index < -0.39 is 12.2 Å². The molecule has 0 fully saturated rings. The average Bonchev–Trinajstić information content (AvgIpc) is 3.02. The highest BCUT2D eigenvalue weighted by atomic mass is 16.6. The fourth-order valence-corrected chi connectivity index (χ4v) is 4.93. The van der Waals surface area contributed by atoms with Gasteiger partial charge in [-0.1, -0.05) is 82.5 Å². The van der Waals surface area contributed by atoms with Gasteiger partial charge in [-0.3, -0.25) is 9.59 Å². The van der Waals surface area contributed by atoms with Crippen molar-refractivity contribution in [2.75, 3.05) is 39.6 Å². The molecule has 0 aliphatic carbocycles. The lowest BCUT2D eigenvalue weighted by Crippen LogP contribution is -2.30. The van der Waals surface area contributed by atoms with E-state index in [2.05, 4.69) is 19.9 Å². The van der Waals surface area contributed by atoms with Crippen LogP contribution in [0.2, 0.25) is 0 Å². The molecule has 0 aromatic heterocycles. The Bertz CT molecular complexity index is 1340. The molecule has 0 saturated heterocycles. The SMILES string of the molecule is CCCCOCC(COc1c2ccccc2c(OCC(COCCCC)OC(=O)CCC)c2cc(C)ccc12)OC(=O)CCC. The summed E-state index contributed by atoms with van der Waals surface area (Å²) in [6.45, 7) is 12.2. The van der Waals surface area contributed by atoms with Crippen LogP contribution in [-0.4, -0.2) is 63.8 Å². The van der Waals surface area contributed by atoms with Crippen molar-refractivity contribution in [2.45, 2.75) is 98.2 Å². The van der Waals surface area contributed by atoms with Crippen LogP contribution in [0, 0.1) is 6.92 Å². The maximum absolute atomic E-state index is 12.4. The van der Waals surface area contributed by atoms with Crippen molar-refractivity contribution in [1.29, 1.82) is 0 Å².